The lowest BCUT2D eigenvalue weighted by Gasteiger charge is -2.24. The second kappa shape index (κ2) is 10.0. The van der Waals surface area contributed by atoms with Gasteiger partial charge in [-0.05, 0) is 44.0 Å². The number of nitrogens with zero attached hydrogens (tertiary/aromatic N) is 1. The maximum absolute atomic E-state index is 12.5. The summed E-state index contributed by atoms with van der Waals surface area (Å²) in [4.78, 5) is 24.6. The van der Waals surface area contributed by atoms with E-state index >= 15 is 0 Å². The van der Waals surface area contributed by atoms with E-state index in [2.05, 4.69) is 5.32 Å². The van der Waals surface area contributed by atoms with Crippen molar-refractivity contribution in [2.45, 2.75) is 69.9 Å². The monoisotopic (exact) mass is 410 g/mol. The average Bonchev–Trinajstić information content (AvgIpc) is 2.69. The van der Waals surface area contributed by atoms with Crippen LogP contribution < -0.4 is 5.32 Å². The molecule has 1 aromatic carbocycles. The molecule has 0 unspecified atom stereocenters. The lowest BCUT2D eigenvalue weighted by molar-refractivity contribution is -0.130. The maximum Gasteiger partial charge on any atom is 0.338 e. The van der Waals surface area contributed by atoms with Gasteiger partial charge in [0.05, 0.1) is 10.5 Å². The Balaban J connectivity index is 1.97. The number of ether oxygens (including phenoxy) is 1. The number of carbonyl (C=O) groups is 2. The van der Waals surface area contributed by atoms with Gasteiger partial charge in [0.1, 0.15) is 0 Å². The van der Waals surface area contributed by atoms with E-state index in [1.807, 2.05) is 0 Å². The number of amides is 1. The minimum atomic E-state index is -3.58. The van der Waals surface area contributed by atoms with E-state index in [-0.39, 0.29) is 22.4 Å². The van der Waals surface area contributed by atoms with Gasteiger partial charge in [-0.2, -0.15) is 4.31 Å². The molecule has 156 valence electrons. The van der Waals surface area contributed by atoms with Gasteiger partial charge < -0.3 is 10.1 Å². The molecule has 1 amide bonds. The fourth-order valence-electron chi connectivity index (χ4n) is 3.32. The van der Waals surface area contributed by atoms with E-state index in [1.165, 1.54) is 41.9 Å². The zero-order chi connectivity index (χ0) is 20.7. The van der Waals surface area contributed by atoms with Gasteiger partial charge in [0, 0.05) is 19.1 Å². The Morgan fingerprint density at radius 2 is 1.68 bits per heavy atom. The number of sulfonamides is 1. The Labute approximate surface area is 167 Å². The summed E-state index contributed by atoms with van der Waals surface area (Å²) in [6, 6.07) is 5.73. The molecule has 1 aliphatic carbocycles. The molecule has 7 nitrogen and oxygen atoms in total. The Morgan fingerprint density at radius 1 is 1.11 bits per heavy atom. The zero-order valence-corrected chi connectivity index (χ0v) is 17.6. The largest absolute Gasteiger partial charge is 0.449 e. The van der Waals surface area contributed by atoms with Crippen molar-refractivity contribution in [1.29, 1.82) is 0 Å². The number of nitrogens with one attached hydrogen (secondary N) is 1. The molecule has 0 saturated heterocycles. The molecule has 1 N–H and O–H groups in total. The van der Waals surface area contributed by atoms with E-state index < -0.39 is 22.1 Å². The smallest absolute Gasteiger partial charge is 0.338 e. The summed E-state index contributed by atoms with van der Waals surface area (Å²) >= 11 is 0. The van der Waals surface area contributed by atoms with E-state index in [4.69, 9.17) is 4.74 Å². The first kappa shape index (κ1) is 22.4. The minimum absolute atomic E-state index is 0.121. The van der Waals surface area contributed by atoms with Crippen LogP contribution in [0.1, 0.15) is 63.2 Å². The summed E-state index contributed by atoms with van der Waals surface area (Å²) in [5.41, 5.74) is 0.204. The van der Waals surface area contributed by atoms with Crippen molar-refractivity contribution in [2.75, 3.05) is 13.1 Å². The molecule has 0 aromatic heterocycles. The predicted molar refractivity (Wildman–Crippen MR) is 106 cm³/mol. The first-order valence-corrected chi connectivity index (χ1v) is 11.3. The number of rotatable bonds is 8. The van der Waals surface area contributed by atoms with Crippen LogP contribution in [-0.4, -0.2) is 49.8 Å². The second-order valence-corrected chi connectivity index (χ2v) is 8.94. The van der Waals surface area contributed by atoms with Gasteiger partial charge in [-0.1, -0.05) is 33.1 Å². The van der Waals surface area contributed by atoms with Crippen LogP contribution in [0.4, 0.5) is 0 Å². The van der Waals surface area contributed by atoms with Crippen LogP contribution >= 0.6 is 0 Å². The zero-order valence-electron chi connectivity index (χ0n) is 16.8. The molecule has 1 aliphatic rings. The van der Waals surface area contributed by atoms with Gasteiger partial charge in [0.15, 0.2) is 6.10 Å². The highest BCUT2D eigenvalue weighted by atomic mass is 32.2. The van der Waals surface area contributed by atoms with Gasteiger partial charge in [0.25, 0.3) is 5.91 Å². The van der Waals surface area contributed by atoms with Crippen LogP contribution in [-0.2, 0) is 19.6 Å². The van der Waals surface area contributed by atoms with Gasteiger partial charge in [-0.3, -0.25) is 4.79 Å². The molecule has 1 atom stereocenters. The Kier molecular flexibility index (Phi) is 8.00. The van der Waals surface area contributed by atoms with Gasteiger partial charge >= 0.3 is 5.97 Å². The number of hydrogen-bond acceptors (Lipinski definition) is 5. The third-order valence-corrected chi connectivity index (χ3v) is 7.10. The van der Waals surface area contributed by atoms with Crippen molar-refractivity contribution < 1.29 is 22.7 Å². The first-order chi connectivity index (χ1) is 13.3. The molecular formula is C20H30N2O5S. The number of carbonyl (C=O) groups excluding carboxylic acids is 2. The maximum atomic E-state index is 12.5. The molecule has 2 rings (SSSR count). The molecule has 0 radical (unpaired) electrons. The summed E-state index contributed by atoms with van der Waals surface area (Å²) in [5, 5.41) is 2.93. The SMILES string of the molecule is CCN(CC)S(=O)(=O)c1ccc(C(=O)O[C@@H](C)C(=O)NC2CCCCC2)cc1. The quantitative estimate of drug-likeness (QED) is 0.665. The van der Waals surface area contributed by atoms with Crippen molar-refractivity contribution >= 4 is 21.9 Å². The molecule has 0 aliphatic heterocycles. The van der Waals surface area contributed by atoms with Crippen molar-refractivity contribution in [3.05, 3.63) is 29.8 Å². The van der Waals surface area contributed by atoms with Crippen LogP contribution in [0.25, 0.3) is 0 Å². The van der Waals surface area contributed by atoms with Crippen molar-refractivity contribution in [2.24, 2.45) is 0 Å². The molecule has 1 aromatic rings. The third-order valence-electron chi connectivity index (χ3n) is 5.04. The Morgan fingerprint density at radius 3 is 2.21 bits per heavy atom. The van der Waals surface area contributed by atoms with E-state index in [1.54, 1.807) is 13.8 Å². The predicted octanol–water partition coefficient (Wildman–Crippen LogP) is 2.71. The summed E-state index contributed by atoms with van der Waals surface area (Å²) in [7, 11) is -3.58. The van der Waals surface area contributed by atoms with Crippen LogP contribution in [0.5, 0.6) is 0 Å². The third kappa shape index (κ3) is 5.54. The molecule has 0 heterocycles. The highest BCUT2D eigenvalue weighted by Crippen LogP contribution is 2.18. The molecule has 28 heavy (non-hydrogen) atoms. The standard InChI is InChI=1S/C20H30N2O5S/c1-4-22(5-2)28(25,26)18-13-11-16(12-14-18)20(24)27-15(3)19(23)21-17-9-7-6-8-10-17/h11-15,17H,4-10H2,1-3H3,(H,21,23)/t15-/m0/s1. The summed E-state index contributed by atoms with van der Waals surface area (Å²) in [5.74, 6) is -0.959. The number of esters is 1. The minimum Gasteiger partial charge on any atom is -0.449 e. The Hall–Kier alpha value is -1.93. The average molecular weight is 411 g/mol. The highest BCUT2D eigenvalue weighted by molar-refractivity contribution is 7.89. The fraction of sp³-hybridized carbons (Fsp3) is 0.600. The second-order valence-electron chi connectivity index (χ2n) is 7.00. The van der Waals surface area contributed by atoms with Crippen molar-refractivity contribution in [3.63, 3.8) is 0 Å². The van der Waals surface area contributed by atoms with Gasteiger partial charge in [-0.15, -0.1) is 0 Å². The van der Waals surface area contributed by atoms with Crippen LogP contribution in [0.3, 0.4) is 0 Å². The van der Waals surface area contributed by atoms with E-state index in [0.29, 0.717) is 13.1 Å². The highest BCUT2D eigenvalue weighted by Gasteiger charge is 2.24. The van der Waals surface area contributed by atoms with Crippen LogP contribution in [0, 0.1) is 0 Å². The summed E-state index contributed by atoms with van der Waals surface area (Å²) in [6.45, 7) is 5.82. The molecular weight excluding hydrogens is 380 g/mol. The molecule has 0 bridgehead atoms. The Bertz CT molecular complexity index is 766. The molecule has 0 spiro atoms. The van der Waals surface area contributed by atoms with E-state index in [0.717, 1.165) is 25.7 Å². The molecule has 1 fully saturated rings. The summed E-state index contributed by atoms with van der Waals surface area (Å²) in [6.07, 6.45) is 4.39. The number of benzene rings is 1. The topological polar surface area (TPSA) is 92.8 Å². The molecule has 1 saturated carbocycles. The van der Waals surface area contributed by atoms with Crippen molar-refractivity contribution in [1.82, 2.24) is 9.62 Å². The van der Waals surface area contributed by atoms with Gasteiger partial charge in [-0.25, -0.2) is 13.2 Å². The first-order valence-electron chi connectivity index (χ1n) is 9.91. The van der Waals surface area contributed by atoms with E-state index in [9.17, 15) is 18.0 Å². The van der Waals surface area contributed by atoms with Crippen molar-refractivity contribution in [3.8, 4) is 0 Å². The summed E-state index contributed by atoms with van der Waals surface area (Å²) < 4.78 is 31.6. The fourth-order valence-corrected chi connectivity index (χ4v) is 4.78. The van der Waals surface area contributed by atoms with Crippen LogP contribution in [0.2, 0.25) is 0 Å². The van der Waals surface area contributed by atoms with Gasteiger partial charge in [0.2, 0.25) is 10.0 Å². The van der Waals surface area contributed by atoms with Crippen LogP contribution in [0.15, 0.2) is 29.2 Å². The normalized spacial score (nSPS) is 16.6. The molecule has 8 heteroatoms. The lowest BCUT2D eigenvalue weighted by atomic mass is 9.95. The number of hydrogen-bond donors (Lipinski definition) is 1. The lowest BCUT2D eigenvalue weighted by Crippen LogP contribution is -2.42.